The van der Waals surface area contributed by atoms with Crippen molar-refractivity contribution in [1.29, 1.82) is 0 Å². The molecule has 4 amide bonds. The summed E-state index contributed by atoms with van der Waals surface area (Å²) in [5.41, 5.74) is 6.62. The predicted molar refractivity (Wildman–Crippen MR) is 118 cm³/mol. The number of primary amides is 1. The first-order valence-electron chi connectivity index (χ1n) is 9.83. The second-order valence-corrected chi connectivity index (χ2v) is 8.16. The highest BCUT2D eigenvalue weighted by molar-refractivity contribution is 7.17. The molecule has 12 heteroatoms. The summed E-state index contributed by atoms with van der Waals surface area (Å²) >= 11 is 1.24. The van der Waals surface area contributed by atoms with Crippen LogP contribution in [0.4, 0.5) is 15.0 Å². The van der Waals surface area contributed by atoms with Gasteiger partial charge in [-0.3, -0.25) is 14.9 Å². The normalized spacial score (nSPS) is 13.4. The number of anilines is 1. The van der Waals surface area contributed by atoms with Gasteiger partial charge in [0.2, 0.25) is 0 Å². The van der Waals surface area contributed by atoms with Crippen LogP contribution in [0.3, 0.4) is 0 Å². The number of fused-ring (bicyclic) bond motifs is 1. The molecule has 0 aliphatic heterocycles. The Morgan fingerprint density at radius 1 is 1.31 bits per heavy atom. The standard InChI is InChI=1S/C20H20FN7O3S/c21-7-8-23-19(30)15-5-4-14(32-15)13-9-16(25-12-2-3-12)28-18(26-13)11(10-24-28)1-6-17(29)27-20(22)31/h1,4-6,9-10,12,25H,2-3,7-8H2,(H,23,30)(H3,22,27,29,31). The lowest BCUT2D eigenvalue weighted by atomic mass is 10.2. The minimum Gasteiger partial charge on any atom is -0.367 e. The van der Waals surface area contributed by atoms with Crippen molar-refractivity contribution < 1.29 is 18.8 Å². The van der Waals surface area contributed by atoms with Gasteiger partial charge in [-0.25, -0.2) is 14.2 Å². The van der Waals surface area contributed by atoms with E-state index in [9.17, 15) is 18.8 Å². The lowest BCUT2D eigenvalue weighted by molar-refractivity contribution is -0.115. The molecule has 0 spiro atoms. The molecule has 4 rings (SSSR count). The van der Waals surface area contributed by atoms with Crippen LogP contribution >= 0.6 is 11.3 Å². The van der Waals surface area contributed by atoms with E-state index >= 15 is 0 Å². The van der Waals surface area contributed by atoms with Crippen LogP contribution in [0.1, 0.15) is 28.1 Å². The quantitative estimate of drug-likeness (QED) is 0.381. The predicted octanol–water partition coefficient (Wildman–Crippen LogP) is 1.94. The summed E-state index contributed by atoms with van der Waals surface area (Å²) in [6.45, 7) is -0.673. The van der Waals surface area contributed by atoms with Gasteiger partial charge >= 0.3 is 6.03 Å². The molecule has 1 fully saturated rings. The van der Waals surface area contributed by atoms with E-state index in [1.807, 2.05) is 11.4 Å². The molecule has 0 radical (unpaired) electrons. The maximum absolute atomic E-state index is 12.3. The topological polar surface area (TPSA) is 144 Å². The maximum Gasteiger partial charge on any atom is 0.319 e. The Kier molecular flexibility index (Phi) is 6.12. The average molecular weight is 457 g/mol. The fraction of sp³-hybridized carbons (Fsp3) is 0.250. The summed E-state index contributed by atoms with van der Waals surface area (Å²) in [4.78, 5) is 40.5. The van der Waals surface area contributed by atoms with Crippen molar-refractivity contribution in [2.45, 2.75) is 18.9 Å². The SMILES string of the molecule is NC(=O)NC(=O)C=Cc1cnn2c(NC3CC3)cc(-c3ccc(C(=O)NCCF)s3)nc12. The zero-order chi connectivity index (χ0) is 22.7. The maximum atomic E-state index is 12.3. The number of nitrogens with two attached hydrogens (primary N) is 1. The number of carbonyl (C=O) groups is 3. The van der Waals surface area contributed by atoms with Gasteiger partial charge in [-0.1, -0.05) is 0 Å². The van der Waals surface area contributed by atoms with Crippen molar-refractivity contribution >= 4 is 46.7 Å². The third kappa shape index (κ3) is 4.91. The van der Waals surface area contributed by atoms with E-state index in [4.69, 9.17) is 5.73 Å². The number of imide groups is 1. The number of thiophene rings is 1. The van der Waals surface area contributed by atoms with Crippen molar-refractivity contribution in [3.05, 3.63) is 40.9 Å². The van der Waals surface area contributed by atoms with Gasteiger partial charge in [0.25, 0.3) is 11.8 Å². The number of urea groups is 1. The van der Waals surface area contributed by atoms with E-state index in [0.717, 1.165) is 23.5 Å². The molecule has 0 unspecified atom stereocenters. The number of aromatic nitrogens is 3. The minimum atomic E-state index is -0.945. The summed E-state index contributed by atoms with van der Waals surface area (Å²) in [6, 6.07) is 4.70. The molecule has 0 atom stereocenters. The molecule has 3 heterocycles. The van der Waals surface area contributed by atoms with Crippen molar-refractivity contribution in [2.75, 3.05) is 18.5 Å². The average Bonchev–Trinajstić information content (AvgIpc) is 3.26. The number of nitrogens with zero attached hydrogens (tertiary/aromatic N) is 3. The monoisotopic (exact) mass is 457 g/mol. The number of alkyl halides is 1. The van der Waals surface area contributed by atoms with Gasteiger partial charge in [0.1, 0.15) is 12.5 Å². The summed E-state index contributed by atoms with van der Waals surface area (Å²) in [5.74, 6) is -0.276. The van der Waals surface area contributed by atoms with E-state index in [1.54, 1.807) is 22.8 Å². The first-order valence-corrected chi connectivity index (χ1v) is 10.6. The van der Waals surface area contributed by atoms with Crippen LogP contribution in [0.5, 0.6) is 0 Å². The molecule has 0 bridgehead atoms. The van der Waals surface area contributed by atoms with Crippen molar-refractivity contribution in [2.24, 2.45) is 5.73 Å². The van der Waals surface area contributed by atoms with E-state index in [-0.39, 0.29) is 12.5 Å². The summed E-state index contributed by atoms with van der Waals surface area (Å²) in [6.07, 6.45) is 6.32. The Bertz CT molecular complexity index is 1220. The Hall–Kier alpha value is -3.80. The Morgan fingerprint density at radius 3 is 2.84 bits per heavy atom. The molecule has 1 saturated carbocycles. The molecule has 3 aromatic rings. The van der Waals surface area contributed by atoms with Crippen LogP contribution in [0.15, 0.2) is 30.5 Å². The van der Waals surface area contributed by atoms with Crippen LogP contribution in [-0.4, -0.2) is 51.7 Å². The molecular formula is C20H20FN7O3S. The smallest absolute Gasteiger partial charge is 0.319 e. The lowest BCUT2D eigenvalue weighted by Gasteiger charge is -2.09. The molecule has 1 aliphatic carbocycles. The van der Waals surface area contributed by atoms with Gasteiger partial charge in [-0.05, 0) is 31.1 Å². The minimum absolute atomic E-state index is 0.0411. The van der Waals surface area contributed by atoms with Gasteiger partial charge < -0.3 is 16.4 Å². The zero-order valence-electron chi connectivity index (χ0n) is 16.8. The number of rotatable bonds is 8. The second kappa shape index (κ2) is 9.14. The number of nitrogens with one attached hydrogen (secondary N) is 3. The van der Waals surface area contributed by atoms with Gasteiger partial charge in [0.15, 0.2) is 5.65 Å². The number of hydrogen-bond donors (Lipinski definition) is 4. The van der Waals surface area contributed by atoms with Gasteiger partial charge in [-0.2, -0.15) is 9.61 Å². The second-order valence-electron chi connectivity index (χ2n) is 7.08. The molecule has 32 heavy (non-hydrogen) atoms. The highest BCUT2D eigenvalue weighted by atomic mass is 32.1. The van der Waals surface area contributed by atoms with E-state index in [2.05, 4.69) is 20.7 Å². The third-order valence-corrected chi connectivity index (χ3v) is 5.66. The van der Waals surface area contributed by atoms with E-state index in [0.29, 0.717) is 27.8 Å². The Labute approximate surface area is 185 Å². The van der Waals surface area contributed by atoms with E-state index < -0.39 is 18.6 Å². The van der Waals surface area contributed by atoms with Crippen LogP contribution in [-0.2, 0) is 4.79 Å². The number of halogens is 1. The zero-order valence-corrected chi connectivity index (χ0v) is 17.6. The largest absolute Gasteiger partial charge is 0.367 e. The molecule has 10 nitrogen and oxygen atoms in total. The number of amides is 4. The third-order valence-electron chi connectivity index (χ3n) is 4.55. The highest BCUT2D eigenvalue weighted by Gasteiger charge is 2.23. The van der Waals surface area contributed by atoms with Crippen LogP contribution in [0.25, 0.3) is 22.3 Å². The summed E-state index contributed by atoms with van der Waals surface area (Å²) < 4.78 is 14.0. The highest BCUT2D eigenvalue weighted by Crippen LogP contribution is 2.32. The Morgan fingerprint density at radius 2 is 2.12 bits per heavy atom. The summed E-state index contributed by atoms with van der Waals surface area (Å²) in [5, 5.41) is 12.2. The van der Waals surface area contributed by atoms with Crippen LogP contribution < -0.4 is 21.7 Å². The van der Waals surface area contributed by atoms with Gasteiger partial charge in [-0.15, -0.1) is 11.3 Å². The summed E-state index contributed by atoms with van der Waals surface area (Å²) in [7, 11) is 0. The molecule has 0 saturated heterocycles. The van der Waals surface area contributed by atoms with Crippen molar-refractivity contribution in [3.8, 4) is 10.6 Å². The molecule has 166 valence electrons. The molecule has 1 aliphatic rings. The van der Waals surface area contributed by atoms with E-state index in [1.165, 1.54) is 23.5 Å². The van der Waals surface area contributed by atoms with Gasteiger partial charge in [0, 0.05) is 30.3 Å². The van der Waals surface area contributed by atoms with Crippen LogP contribution in [0, 0.1) is 0 Å². The van der Waals surface area contributed by atoms with Crippen molar-refractivity contribution in [1.82, 2.24) is 25.2 Å². The first kappa shape index (κ1) is 21.4. The Balaban J connectivity index is 1.69. The molecule has 0 aromatic carbocycles. The van der Waals surface area contributed by atoms with Crippen LogP contribution in [0.2, 0.25) is 0 Å². The first-order chi connectivity index (χ1) is 15.4. The van der Waals surface area contributed by atoms with Gasteiger partial charge in [0.05, 0.1) is 21.6 Å². The number of carbonyl (C=O) groups excluding carboxylic acids is 3. The molecule has 3 aromatic heterocycles. The fourth-order valence-corrected chi connectivity index (χ4v) is 3.82. The lowest BCUT2D eigenvalue weighted by Crippen LogP contribution is -2.33. The molecular weight excluding hydrogens is 437 g/mol. The number of hydrogen-bond acceptors (Lipinski definition) is 7. The fourth-order valence-electron chi connectivity index (χ4n) is 2.94. The van der Waals surface area contributed by atoms with Crippen molar-refractivity contribution in [3.63, 3.8) is 0 Å². The molecule has 5 N–H and O–H groups in total.